The van der Waals surface area contributed by atoms with Crippen molar-refractivity contribution in [2.75, 3.05) is 6.54 Å². The quantitative estimate of drug-likeness (QED) is 0.821. The van der Waals surface area contributed by atoms with Crippen LogP contribution in [0.5, 0.6) is 0 Å². The number of hydrogen-bond acceptors (Lipinski definition) is 3. The summed E-state index contributed by atoms with van der Waals surface area (Å²) in [7, 11) is 0. The first-order chi connectivity index (χ1) is 11.5. The van der Waals surface area contributed by atoms with Gasteiger partial charge in [-0.25, -0.2) is 0 Å². The maximum atomic E-state index is 12.3. The first-order valence-electron chi connectivity index (χ1n) is 8.14. The van der Waals surface area contributed by atoms with Crippen LogP contribution in [0.3, 0.4) is 0 Å². The normalized spacial score (nSPS) is 13.3. The highest BCUT2D eigenvalue weighted by Crippen LogP contribution is 2.23. The van der Waals surface area contributed by atoms with Crippen LogP contribution in [0.1, 0.15) is 42.6 Å². The number of hydrogen-bond donors (Lipinski definition) is 2. The predicted octanol–water partition coefficient (Wildman–Crippen LogP) is 2.95. The number of carbonyl (C=O) groups is 2. The summed E-state index contributed by atoms with van der Waals surface area (Å²) in [5, 5.41) is 5.60. The van der Waals surface area contributed by atoms with Crippen molar-refractivity contribution in [1.29, 1.82) is 0 Å². The van der Waals surface area contributed by atoms with Gasteiger partial charge < -0.3 is 15.1 Å². The van der Waals surface area contributed by atoms with E-state index >= 15 is 0 Å². The lowest BCUT2D eigenvalue weighted by molar-refractivity contribution is -0.122. The highest BCUT2D eigenvalue weighted by atomic mass is 16.3. The van der Waals surface area contributed by atoms with Crippen LogP contribution in [0, 0.1) is 5.92 Å². The summed E-state index contributed by atoms with van der Waals surface area (Å²) < 4.78 is 4.87. The molecule has 2 amide bonds. The van der Waals surface area contributed by atoms with Crippen molar-refractivity contribution in [1.82, 2.24) is 10.6 Å². The van der Waals surface area contributed by atoms with E-state index in [4.69, 9.17) is 4.42 Å². The molecule has 0 radical (unpaired) electrons. The summed E-state index contributed by atoms with van der Waals surface area (Å²) >= 11 is 0. The van der Waals surface area contributed by atoms with Crippen molar-refractivity contribution in [2.24, 2.45) is 5.92 Å². The van der Waals surface area contributed by atoms with Gasteiger partial charge in [-0.2, -0.15) is 0 Å². The first-order valence-corrected chi connectivity index (χ1v) is 8.14. The molecule has 128 valence electrons. The smallest absolute Gasteiger partial charge is 0.255 e. The fourth-order valence-corrected chi connectivity index (χ4v) is 2.54. The van der Waals surface area contributed by atoms with E-state index in [-0.39, 0.29) is 17.7 Å². The third-order valence-electron chi connectivity index (χ3n) is 4.05. The lowest BCUT2D eigenvalue weighted by Gasteiger charge is -2.23. The van der Waals surface area contributed by atoms with Gasteiger partial charge in [-0.15, -0.1) is 0 Å². The van der Waals surface area contributed by atoms with Crippen molar-refractivity contribution in [3.63, 3.8) is 0 Å². The number of benzene rings is 1. The second-order valence-corrected chi connectivity index (χ2v) is 6.21. The van der Waals surface area contributed by atoms with E-state index in [0.717, 1.165) is 0 Å². The maximum absolute atomic E-state index is 12.3. The van der Waals surface area contributed by atoms with Gasteiger partial charge in [0.05, 0.1) is 11.8 Å². The number of furan rings is 1. The van der Waals surface area contributed by atoms with E-state index in [1.54, 1.807) is 13.0 Å². The first kappa shape index (κ1) is 17.8. The molecule has 1 aromatic heterocycles. The van der Waals surface area contributed by atoms with Crippen molar-refractivity contribution in [3.8, 4) is 0 Å². The number of carbonyl (C=O) groups excluding carboxylic acids is 2. The lowest BCUT2D eigenvalue weighted by atomic mass is 9.88. The van der Waals surface area contributed by atoms with Crippen LogP contribution in [0.25, 0.3) is 0 Å². The summed E-state index contributed by atoms with van der Waals surface area (Å²) in [5.74, 6) is 0.0961. The molecular formula is C19H24N2O3. The summed E-state index contributed by atoms with van der Waals surface area (Å²) in [5.41, 5.74) is 1.60. The topological polar surface area (TPSA) is 71.3 Å². The molecule has 5 nitrogen and oxygen atoms in total. The minimum absolute atomic E-state index is 0.201. The van der Waals surface area contributed by atoms with Gasteiger partial charge in [0, 0.05) is 12.5 Å². The lowest BCUT2D eigenvalue weighted by Crippen LogP contribution is -2.46. The molecule has 24 heavy (non-hydrogen) atoms. The Morgan fingerprint density at radius 3 is 2.38 bits per heavy atom. The van der Waals surface area contributed by atoms with E-state index in [0.29, 0.717) is 18.0 Å². The largest absolute Gasteiger partial charge is 0.472 e. The fourth-order valence-electron chi connectivity index (χ4n) is 2.54. The molecule has 0 saturated carbocycles. The van der Waals surface area contributed by atoms with E-state index in [1.165, 1.54) is 18.1 Å². The SMILES string of the molecule is CC(C)[C@@H](CNC(=O)[C@@H](C)NC(=O)c1ccoc1)c1ccccc1. The zero-order valence-electron chi connectivity index (χ0n) is 14.3. The molecule has 0 aliphatic rings. The van der Waals surface area contributed by atoms with Crippen molar-refractivity contribution < 1.29 is 14.0 Å². The Hall–Kier alpha value is -2.56. The third-order valence-corrected chi connectivity index (χ3v) is 4.05. The third kappa shape index (κ3) is 4.72. The van der Waals surface area contributed by atoms with Gasteiger partial charge in [0.1, 0.15) is 12.3 Å². The molecular weight excluding hydrogens is 304 g/mol. The Morgan fingerprint density at radius 1 is 1.08 bits per heavy atom. The minimum Gasteiger partial charge on any atom is -0.472 e. The van der Waals surface area contributed by atoms with Crippen LogP contribution in [0.4, 0.5) is 0 Å². The van der Waals surface area contributed by atoms with Gasteiger partial charge in [-0.1, -0.05) is 44.2 Å². The molecule has 2 rings (SSSR count). The molecule has 0 unspecified atom stereocenters. The molecule has 0 fully saturated rings. The summed E-state index contributed by atoms with van der Waals surface area (Å²) in [6, 6.07) is 11.1. The van der Waals surface area contributed by atoms with Crippen molar-refractivity contribution in [2.45, 2.75) is 32.7 Å². The molecule has 5 heteroatoms. The van der Waals surface area contributed by atoms with Gasteiger partial charge in [-0.3, -0.25) is 9.59 Å². The molecule has 0 saturated heterocycles. The Balaban J connectivity index is 1.89. The summed E-state index contributed by atoms with van der Waals surface area (Å²) in [4.78, 5) is 24.2. The Morgan fingerprint density at radius 2 is 1.79 bits per heavy atom. The Bertz CT molecular complexity index is 651. The summed E-state index contributed by atoms with van der Waals surface area (Å²) in [6.07, 6.45) is 2.77. The number of amides is 2. The standard InChI is InChI=1S/C19H24N2O3/c1-13(2)17(15-7-5-4-6-8-15)11-20-18(22)14(3)21-19(23)16-9-10-24-12-16/h4-10,12-14,17H,11H2,1-3H3,(H,20,22)(H,21,23)/t14-,17-/m1/s1. The van der Waals surface area contributed by atoms with Crippen LogP contribution in [0.2, 0.25) is 0 Å². The van der Waals surface area contributed by atoms with E-state index in [9.17, 15) is 9.59 Å². The maximum Gasteiger partial charge on any atom is 0.255 e. The van der Waals surface area contributed by atoms with E-state index < -0.39 is 6.04 Å². The number of rotatable bonds is 7. The molecule has 1 aromatic carbocycles. The van der Waals surface area contributed by atoms with Gasteiger partial charge >= 0.3 is 0 Å². The molecule has 0 aliphatic carbocycles. The zero-order chi connectivity index (χ0) is 17.5. The van der Waals surface area contributed by atoms with Gasteiger partial charge in [-0.05, 0) is 24.5 Å². The minimum atomic E-state index is -0.615. The highest BCUT2D eigenvalue weighted by Gasteiger charge is 2.20. The highest BCUT2D eigenvalue weighted by molar-refractivity contribution is 5.97. The van der Waals surface area contributed by atoms with E-state index in [1.807, 2.05) is 18.2 Å². The molecule has 2 aromatic rings. The second kappa shape index (κ2) is 8.34. The molecule has 1 heterocycles. The van der Waals surface area contributed by atoms with Crippen molar-refractivity contribution in [3.05, 3.63) is 60.1 Å². The zero-order valence-corrected chi connectivity index (χ0v) is 14.3. The predicted molar refractivity (Wildman–Crippen MR) is 92.7 cm³/mol. The van der Waals surface area contributed by atoms with Crippen LogP contribution in [0.15, 0.2) is 53.3 Å². The van der Waals surface area contributed by atoms with Crippen LogP contribution >= 0.6 is 0 Å². The molecule has 0 spiro atoms. The summed E-state index contributed by atoms with van der Waals surface area (Å²) in [6.45, 7) is 6.47. The monoisotopic (exact) mass is 328 g/mol. The number of nitrogens with one attached hydrogen (secondary N) is 2. The van der Waals surface area contributed by atoms with Crippen LogP contribution < -0.4 is 10.6 Å². The average molecular weight is 328 g/mol. The Kier molecular flexibility index (Phi) is 6.18. The molecule has 0 aliphatic heterocycles. The molecule has 2 atom stereocenters. The Labute approximate surface area is 142 Å². The average Bonchev–Trinajstić information content (AvgIpc) is 3.10. The van der Waals surface area contributed by atoms with Gasteiger partial charge in [0.2, 0.25) is 5.91 Å². The van der Waals surface area contributed by atoms with Crippen LogP contribution in [-0.4, -0.2) is 24.4 Å². The van der Waals surface area contributed by atoms with Gasteiger partial charge in [0.15, 0.2) is 0 Å². The molecule has 2 N–H and O–H groups in total. The van der Waals surface area contributed by atoms with Gasteiger partial charge in [0.25, 0.3) is 5.91 Å². The van der Waals surface area contributed by atoms with Crippen LogP contribution in [-0.2, 0) is 4.79 Å². The molecule has 0 bridgehead atoms. The second-order valence-electron chi connectivity index (χ2n) is 6.21. The van der Waals surface area contributed by atoms with Crippen molar-refractivity contribution >= 4 is 11.8 Å². The fraction of sp³-hybridized carbons (Fsp3) is 0.368. The van der Waals surface area contributed by atoms with E-state index in [2.05, 4.69) is 36.6 Å².